The number of unbranched alkanes of at least 4 members (excludes halogenated alkanes) is 8. The first-order valence-electron chi connectivity index (χ1n) is 7.55. The molecule has 0 aromatic rings. The van der Waals surface area contributed by atoms with Crippen LogP contribution in [-0.4, -0.2) is 11.9 Å². The molecule has 1 saturated heterocycles. The fourth-order valence-corrected chi connectivity index (χ4v) is 1.86. The Bertz CT molecular complexity index is 245. The molecule has 1 rings (SSSR count). The molecule has 0 atom stereocenters. The van der Waals surface area contributed by atoms with Gasteiger partial charge in [-0.2, -0.15) is 0 Å². The molecular formula is C16H28O3. The fourth-order valence-electron chi connectivity index (χ4n) is 1.86. The summed E-state index contributed by atoms with van der Waals surface area (Å²) in [5.74, 6) is -0.796. The number of cyclic esters (lactones) is 2. The van der Waals surface area contributed by atoms with Gasteiger partial charge in [0, 0.05) is 0 Å². The molecule has 0 radical (unpaired) electrons. The van der Waals surface area contributed by atoms with Crippen LogP contribution in [-0.2, 0) is 14.3 Å². The highest BCUT2D eigenvalue weighted by atomic mass is 16.6. The minimum atomic E-state index is -0.398. The Morgan fingerprint density at radius 2 is 1.42 bits per heavy atom. The maximum atomic E-state index is 10.0. The summed E-state index contributed by atoms with van der Waals surface area (Å²) in [6.45, 7) is 5.99. The summed E-state index contributed by atoms with van der Waals surface area (Å²) >= 11 is 0. The zero-order valence-corrected chi connectivity index (χ0v) is 12.3. The van der Waals surface area contributed by atoms with Crippen molar-refractivity contribution in [1.82, 2.24) is 0 Å². The van der Waals surface area contributed by atoms with Gasteiger partial charge >= 0.3 is 11.9 Å². The second kappa shape index (κ2) is 13.3. The molecule has 0 bridgehead atoms. The van der Waals surface area contributed by atoms with Crippen molar-refractivity contribution in [2.75, 3.05) is 0 Å². The number of carbonyl (C=O) groups excluding carboxylic acids is 2. The molecule has 0 N–H and O–H groups in total. The van der Waals surface area contributed by atoms with Gasteiger partial charge < -0.3 is 4.74 Å². The molecule has 0 aromatic heterocycles. The highest BCUT2D eigenvalue weighted by Gasteiger charge is 2.19. The van der Waals surface area contributed by atoms with Gasteiger partial charge in [-0.1, -0.05) is 57.9 Å². The molecule has 3 nitrogen and oxygen atoms in total. The Hall–Kier alpha value is -1.12. The molecule has 1 fully saturated rings. The van der Waals surface area contributed by atoms with E-state index in [-0.39, 0.29) is 12.8 Å². The van der Waals surface area contributed by atoms with E-state index >= 15 is 0 Å². The van der Waals surface area contributed by atoms with E-state index in [1.807, 2.05) is 6.08 Å². The van der Waals surface area contributed by atoms with E-state index in [4.69, 9.17) is 0 Å². The number of esters is 2. The van der Waals surface area contributed by atoms with Gasteiger partial charge in [0.05, 0.1) is 12.8 Å². The maximum absolute atomic E-state index is 10.0. The summed E-state index contributed by atoms with van der Waals surface area (Å²) in [6, 6.07) is 0. The van der Waals surface area contributed by atoms with Gasteiger partial charge in [-0.15, -0.1) is 6.58 Å². The summed E-state index contributed by atoms with van der Waals surface area (Å²) in [5, 5.41) is 0. The molecule has 1 aliphatic rings. The van der Waals surface area contributed by atoms with E-state index in [0.717, 1.165) is 0 Å². The van der Waals surface area contributed by atoms with Gasteiger partial charge in [-0.3, -0.25) is 9.59 Å². The Labute approximate surface area is 117 Å². The minimum Gasteiger partial charge on any atom is -0.393 e. The molecule has 0 unspecified atom stereocenters. The summed E-state index contributed by atoms with van der Waals surface area (Å²) in [5.41, 5.74) is 0. The summed E-state index contributed by atoms with van der Waals surface area (Å²) in [7, 11) is 0. The van der Waals surface area contributed by atoms with Crippen LogP contribution in [0, 0.1) is 0 Å². The molecular weight excluding hydrogens is 240 g/mol. The van der Waals surface area contributed by atoms with Crippen molar-refractivity contribution in [3.63, 3.8) is 0 Å². The molecule has 110 valence electrons. The van der Waals surface area contributed by atoms with E-state index in [0.29, 0.717) is 0 Å². The van der Waals surface area contributed by atoms with Crippen molar-refractivity contribution in [2.45, 2.75) is 77.6 Å². The lowest BCUT2D eigenvalue weighted by Gasteiger charge is -1.99. The molecule has 0 aromatic carbocycles. The Morgan fingerprint density at radius 3 is 1.79 bits per heavy atom. The predicted octanol–water partition coefficient (Wildman–Crippen LogP) is 4.55. The summed E-state index contributed by atoms with van der Waals surface area (Å²) < 4.78 is 4.08. The van der Waals surface area contributed by atoms with Crippen LogP contribution in [0.25, 0.3) is 0 Å². The number of allylic oxidation sites excluding steroid dienone is 1. The molecule has 3 heteroatoms. The average molecular weight is 268 g/mol. The topological polar surface area (TPSA) is 43.4 Å². The standard InChI is InChI=1S/C12H24.C4H4O3/c1-3-5-7-9-11-12-10-8-6-4-2;5-3-1-2-4(6)7-3/h3H,1,4-12H2,2H3;1-2H2. The van der Waals surface area contributed by atoms with Crippen molar-refractivity contribution < 1.29 is 14.3 Å². The zero-order valence-electron chi connectivity index (χ0n) is 12.3. The molecule has 1 heterocycles. The average Bonchev–Trinajstić information content (AvgIpc) is 2.77. The van der Waals surface area contributed by atoms with Crippen molar-refractivity contribution in [3.8, 4) is 0 Å². The van der Waals surface area contributed by atoms with E-state index < -0.39 is 11.9 Å². The summed E-state index contributed by atoms with van der Waals surface area (Å²) in [4.78, 5) is 20.0. The van der Waals surface area contributed by atoms with E-state index in [2.05, 4.69) is 18.2 Å². The molecule has 0 saturated carbocycles. The maximum Gasteiger partial charge on any atom is 0.314 e. The number of carbonyl (C=O) groups is 2. The van der Waals surface area contributed by atoms with Gasteiger partial charge in [0.15, 0.2) is 0 Å². The zero-order chi connectivity index (χ0) is 14.3. The predicted molar refractivity (Wildman–Crippen MR) is 77.8 cm³/mol. The van der Waals surface area contributed by atoms with Crippen molar-refractivity contribution >= 4 is 11.9 Å². The smallest absolute Gasteiger partial charge is 0.314 e. The lowest BCUT2D eigenvalue weighted by Crippen LogP contribution is -1.94. The summed E-state index contributed by atoms with van der Waals surface area (Å²) in [6.07, 6.45) is 15.0. The third-order valence-electron chi connectivity index (χ3n) is 3.02. The van der Waals surface area contributed by atoms with Crippen LogP contribution in [0.2, 0.25) is 0 Å². The van der Waals surface area contributed by atoms with Crippen LogP contribution in [0.3, 0.4) is 0 Å². The van der Waals surface area contributed by atoms with Crippen LogP contribution < -0.4 is 0 Å². The van der Waals surface area contributed by atoms with Crippen LogP contribution in [0.1, 0.15) is 77.6 Å². The second-order valence-electron chi connectivity index (χ2n) is 4.90. The number of rotatable bonds is 9. The third kappa shape index (κ3) is 13.1. The van der Waals surface area contributed by atoms with Gasteiger partial charge in [-0.25, -0.2) is 0 Å². The monoisotopic (exact) mass is 268 g/mol. The molecule has 0 spiro atoms. The second-order valence-corrected chi connectivity index (χ2v) is 4.90. The first-order chi connectivity index (χ1) is 9.20. The number of hydrogen-bond acceptors (Lipinski definition) is 3. The fraction of sp³-hybridized carbons (Fsp3) is 0.750. The van der Waals surface area contributed by atoms with Gasteiger partial charge in [-0.05, 0) is 12.8 Å². The van der Waals surface area contributed by atoms with E-state index in [1.54, 1.807) is 0 Å². The molecule has 19 heavy (non-hydrogen) atoms. The largest absolute Gasteiger partial charge is 0.393 e. The van der Waals surface area contributed by atoms with Crippen molar-refractivity contribution in [2.24, 2.45) is 0 Å². The van der Waals surface area contributed by atoms with Crippen LogP contribution in [0.4, 0.5) is 0 Å². The van der Waals surface area contributed by atoms with Crippen LogP contribution in [0.5, 0.6) is 0 Å². The lowest BCUT2D eigenvalue weighted by molar-refractivity contribution is -0.151. The Morgan fingerprint density at radius 1 is 0.947 bits per heavy atom. The van der Waals surface area contributed by atoms with Gasteiger partial charge in [0.25, 0.3) is 0 Å². The van der Waals surface area contributed by atoms with Crippen molar-refractivity contribution in [3.05, 3.63) is 12.7 Å². The van der Waals surface area contributed by atoms with Crippen LogP contribution >= 0.6 is 0 Å². The van der Waals surface area contributed by atoms with E-state index in [1.165, 1.54) is 57.8 Å². The van der Waals surface area contributed by atoms with Crippen molar-refractivity contribution in [1.29, 1.82) is 0 Å². The lowest BCUT2D eigenvalue weighted by atomic mass is 10.1. The Kier molecular flexibility index (Phi) is 12.5. The quantitative estimate of drug-likeness (QED) is 0.266. The third-order valence-corrected chi connectivity index (χ3v) is 3.02. The van der Waals surface area contributed by atoms with E-state index in [9.17, 15) is 9.59 Å². The number of ether oxygens (including phenoxy) is 1. The normalized spacial score (nSPS) is 13.7. The SMILES string of the molecule is C=CCCCCCCCCCC.O=C1CCC(=O)O1. The van der Waals surface area contributed by atoms with Gasteiger partial charge in [0.2, 0.25) is 0 Å². The first-order valence-corrected chi connectivity index (χ1v) is 7.55. The Balaban J connectivity index is 0.000000388. The van der Waals surface area contributed by atoms with Crippen LogP contribution in [0.15, 0.2) is 12.7 Å². The highest BCUT2D eigenvalue weighted by Crippen LogP contribution is 2.09. The minimum absolute atomic E-state index is 0.263. The highest BCUT2D eigenvalue weighted by molar-refractivity contribution is 5.92. The van der Waals surface area contributed by atoms with Gasteiger partial charge in [0.1, 0.15) is 0 Å². The molecule has 0 aliphatic carbocycles. The molecule has 1 aliphatic heterocycles. The molecule has 0 amide bonds. The first kappa shape index (κ1) is 17.9. The number of hydrogen-bond donors (Lipinski definition) is 0.